The number of hydrogen-bond acceptors (Lipinski definition) is 2. The van der Waals surface area contributed by atoms with Crippen LogP contribution in [0.25, 0.3) is 21.9 Å². The van der Waals surface area contributed by atoms with Crippen LogP contribution in [0.1, 0.15) is 18.4 Å². The van der Waals surface area contributed by atoms with Crippen molar-refractivity contribution in [2.24, 2.45) is 5.92 Å². The second-order valence-electron chi connectivity index (χ2n) is 5.68. The predicted molar refractivity (Wildman–Crippen MR) is 76.6 cm³/mol. The predicted octanol–water partition coefficient (Wildman–Crippen LogP) is 4.96. The molecule has 0 aliphatic heterocycles. The molecule has 1 fully saturated rings. The van der Waals surface area contributed by atoms with E-state index in [1.165, 1.54) is 0 Å². The van der Waals surface area contributed by atoms with Crippen LogP contribution >= 0.6 is 0 Å². The van der Waals surface area contributed by atoms with Crippen LogP contribution in [0.3, 0.4) is 0 Å². The number of benzene rings is 2. The van der Waals surface area contributed by atoms with E-state index in [1.807, 2.05) is 0 Å². The van der Waals surface area contributed by atoms with E-state index in [4.69, 9.17) is 9.15 Å². The summed E-state index contributed by atoms with van der Waals surface area (Å²) < 4.78 is 39.5. The normalized spacial score (nSPS) is 15.0. The number of furan rings is 1. The van der Waals surface area contributed by atoms with E-state index in [0.717, 1.165) is 12.8 Å². The molecular formula is C17H14F2O2. The lowest BCUT2D eigenvalue weighted by Crippen LogP contribution is -2.00. The van der Waals surface area contributed by atoms with Crippen molar-refractivity contribution in [2.45, 2.75) is 19.8 Å². The van der Waals surface area contributed by atoms with Crippen LogP contribution in [0.15, 0.2) is 28.7 Å². The van der Waals surface area contributed by atoms with E-state index in [-0.39, 0.29) is 16.9 Å². The lowest BCUT2D eigenvalue weighted by Gasteiger charge is -2.05. The van der Waals surface area contributed by atoms with Gasteiger partial charge in [-0.3, -0.25) is 0 Å². The zero-order chi connectivity index (χ0) is 14.6. The van der Waals surface area contributed by atoms with Crippen LogP contribution in [0.2, 0.25) is 0 Å². The van der Waals surface area contributed by atoms with E-state index in [9.17, 15) is 8.78 Å². The molecule has 0 unspecified atom stereocenters. The monoisotopic (exact) mass is 288 g/mol. The molecule has 21 heavy (non-hydrogen) atoms. The van der Waals surface area contributed by atoms with Crippen molar-refractivity contribution in [1.29, 1.82) is 0 Å². The Hall–Kier alpha value is -2.10. The Balaban J connectivity index is 1.88. The fraction of sp³-hybridized carbons (Fsp3) is 0.294. The lowest BCUT2D eigenvalue weighted by molar-refractivity contribution is 0.285. The Morgan fingerprint density at radius 2 is 1.71 bits per heavy atom. The van der Waals surface area contributed by atoms with Gasteiger partial charge in [0.25, 0.3) is 0 Å². The zero-order valence-corrected chi connectivity index (χ0v) is 11.6. The molecule has 0 saturated heterocycles. The molecule has 1 aliphatic rings. The maximum absolute atomic E-state index is 14.5. The molecule has 0 atom stereocenters. The number of ether oxygens (including phenoxy) is 1. The van der Waals surface area contributed by atoms with Gasteiger partial charge in [0, 0.05) is 10.8 Å². The molecule has 108 valence electrons. The molecule has 1 heterocycles. The highest BCUT2D eigenvalue weighted by Crippen LogP contribution is 2.37. The minimum absolute atomic E-state index is 0.0581. The summed E-state index contributed by atoms with van der Waals surface area (Å²) in [7, 11) is 0. The summed E-state index contributed by atoms with van der Waals surface area (Å²) in [6, 6.07) is 6.74. The third-order valence-corrected chi connectivity index (χ3v) is 4.02. The molecule has 3 aromatic rings. The van der Waals surface area contributed by atoms with Crippen molar-refractivity contribution in [3.05, 3.63) is 41.5 Å². The standard InChI is InChI=1S/C17H14F2O2/c1-9-2-5-11-12-6-7-13(20-8-10-3-4-10)15(19)17(12)21-16(11)14(9)18/h2,5-7,10H,3-4,8H2,1H3. The van der Waals surface area contributed by atoms with Crippen LogP contribution in [0.4, 0.5) is 8.78 Å². The Morgan fingerprint density at radius 1 is 1.05 bits per heavy atom. The third kappa shape index (κ3) is 1.97. The smallest absolute Gasteiger partial charge is 0.208 e. The summed E-state index contributed by atoms with van der Waals surface area (Å²) in [4.78, 5) is 0. The highest BCUT2D eigenvalue weighted by atomic mass is 19.1. The molecule has 4 rings (SSSR count). The van der Waals surface area contributed by atoms with Crippen LogP contribution in [0.5, 0.6) is 5.75 Å². The fourth-order valence-corrected chi connectivity index (χ4v) is 2.52. The Morgan fingerprint density at radius 3 is 2.43 bits per heavy atom. The van der Waals surface area contributed by atoms with Crippen molar-refractivity contribution in [2.75, 3.05) is 6.61 Å². The largest absolute Gasteiger partial charge is 0.490 e. The van der Waals surface area contributed by atoms with Crippen molar-refractivity contribution in [1.82, 2.24) is 0 Å². The Kier molecular flexibility index (Phi) is 2.67. The maximum Gasteiger partial charge on any atom is 0.208 e. The first-order valence-electron chi connectivity index (χ1n) is 7.08. The number of aryl methyl sites for hydroxylation is 1. The van der Waals surface area contributed by atoms with Gasteiger partial charge in [0.2, 0.25) is 5.82 Å². The fourth-order valence-electron chi connectivity index (χ4n) is 2.52. The Bertz CT molecular complexity index is 847. The van der Waals surface area contributed by atoms with Gasteiger partial charge in [-0.1, -0.05) is 12.1 Å². The molecule has 0 radical (unpaired) electrons. The van der Waals surface area contributed by atoms with Crippen LogP contribution in [-0.4, -0.2) is 6.61 Å². The van der Waals surface area contributed by atoms with Gasteiger partial charge in [0.1, 0.15) is 0 Å². The summed E-state index contributed by atoms with van der Waals surface area (Å²) in [5.41, 5.74) is 0.637. The molecule has 1 aliphatic carbocycles. The molecule has 0 bridgehead atoms. The van der Waals surface area contributed by atoms with E-state index in [0.29, 0.717) is 28.9 Å². The molecular weight excluding hydrogens is 274 g/mol. The number of hydrogen-bond donors (Lipinski definition) is 0. The van der Waals surface area contributed by atoms with Gasteiger partial charge in [0.15, 0.2) is 22.7 Å². The van der Waals surface area contributed by atoms with E-state index < -0.39 is 11.6 Å². The quantitative estimate of drug-likeness (QED) is 0.679. The molecule has 0 amide bonds. The van der Waals surface area contributed by atoms with Gasteiger partial charge < -0.3 is 9.15 Å². The molecule has 2 nitrogen and oxygen atoms in total. The molecule has 1 aromatic heterocycles. The van der Waals surface area contributed by atoms with Gasteiger partial charge >= 0.3 is 0 Å². The maximum atomic E-state index is 14.5. The van der Waals surface area contributed by atoms with Crippen molar-refractivity contribution >= 4 is 21.9 Å². The third-order valence-electron chi connectivity index (χ3n) is 4.02. The number of halogens is 2. The molecule has 2 aromatic carbocycles. The number of rotatable bonds is 3. The molecule has 1 saturated carbocycles. The van der Waals surface area contributed by atoms with Gasteiger partial charge in [-0.15, -0.1) is 0 Å². The van der Waals surface area contributed by atoms with E-state index in [2.05, 4.69) is 0 Å². The SMILES string of the molecule is Cc1ccc2c(oc3c(F)c(OCC4CC4)ccc32)c1F. The second-order valence-corrected chi connectivity index (χ2v) is 5.68. The summed E-state index contributed by atoms with van der Waals surface area (Å²) in [5, 5.41) is 1.15. The topological polar surface area (TPSA) is 22.4 Å². The average molecular weight is 288 g/mol. The van der Waals surface area contributed by atoms with Gasteiger partial charge in [-0.05, 0) is 43.4 Å². The highest BCUT2D eigenvalue weighted by molar-refractivity contribution is 6.05. The van der Waals surface area contributed by atoms with Crippen molar-refractivity contribution in [3.8, 4) is 5.75 Å². The first-order chi connectivity index (χ1) is 10.1. The molecule has 0 N–H and O–H groups in total. The van der Waals surface area contributed by atoms with Crippen molar-refractivity contribution in [3.63, 3.8) is 0 Å². The van der Waals surface area contributed by atoms with Gasteiger partial charge in [-0.2, -0.15) is 4.39 Å². The summed E-state index contributed by atoms with van der Waals surface area (Å²) >= 11 is 0. The second kappa shape index (κ2) is 4.45. The van der Waals surface area contributed by atoms with Gasteiger partial charge in [0.05, 0.1) is 6.61 Å². The van der Waals surface area contributed by atoms with E-state index >= 15 is 0 Å². The lowest BCUT2D eigenvalue weighted by atomic mass is 10.1. The summed E-state index contributed by atoms with van der Waals surface area (Å²) in [6.45, 7) is 2.18. The minimum Gasteiger partial charge on any atom is -0.490 e. The van der Waals surface area contributed by atoms with E-state index in [1.54, 1.807) is 31.2 Å². The van der Waals surface area contributed by atoms with Crippen LogP contribution in [-0.2, 0) is 0 Å². The minimum atomic E-state index is -0.554. The highest BCUT2D eigenvalue weighted by Gasteiger charge is 2.24. The first kappa shape index (κ1) is 12.6. The average Bonchev–Trinajstić information content (AvgIpc) is 3.22. The Labute approximate surface area is 120 Å². The van der Waals surface area contributed by atoms with Crippen LogP contribution in [0, 0.1) is 24.5 Å². The molecule has 4 heteroatoms. The van der Waals surface area contributed by atoms with Crippen LogP contribution < -0.4 is 4.74 Å². The molecule has 0 spiro atoms. The van der Waals surface area contributed by atoms with Gasteiger partial charge in [-0.25, -0.2) is 4.39 Å². The van der Waals surface area contributed by atoms with Crippen molar-refractivity contribution < 1.29 is 17.9 Å². The zero-order valence-electron chi connectivity index (χ0n) is 11.6. The summed E-state index contributed by atoms with van der Waals surface area (Å²) in [6.07, 6.45) is 2.28. The summed E-state index contributed by atoms with van der Waals surface area (Å²) in [5.74, 6) is -0.286. The first-order valence-corrected chi connectivity index (χ1v) is 7.08. The number of fused-ring (bicyclic) bond motifs is 3.